The Morgan fingerprint density at radius 1 is 0.971 bits per heavy atom. The maximum Gasteiger partial charge on any atom is 0.264 e. The lowest BCUT2D eigenvalue weighted by Crippen LogP contribution is -2.49. The number of unbranched alkanes of at least 4 members (excludes halogenated alkanes) is 5. The molecule has 1 unspecified atom stereocenters. The van der Waals surface area contributed by atoms with E-state index in [1.807, 2.05) is 13.0 Å². The summed E-state index contributed by atoms with van der Waals surface area (Å²) in [6, 6.07) is 4.34. The molecule has 0 bridgehead atoms. The van der Waals surface area contributed by atoms with Crippen LogP contribution in [-0.4, -0.2) is 72.7 Å². The number of nitrogens with one attached hydrogen (secondary N) is 1. The summed E-state index contributed by atoms with van der Waals surface area (Å²) < 4.78 is 0. The van der Waals surface area contributed by atoms with Crippen LogP contribution in [0.2, 0.25) is 0 Å². The zero-order chi connectivity index (χ0) is 24.5. The van der Waals surface area contributed by atoms with Crippen molar-refractivity contribution in [3.8, 4) is 0 Å². The predicted molar refractivity (Wildman–Crippen MR) is 132 cm³/mol. The number of anilines is 1. The number of fused-ring (bicyclic) bond motifs is 1. The molecule has 34 heavy (non-hydrogen) atoms. The van der Waals surface area contributed by atoms with Crippen LogP contribution in [0.15, 0.2) is 18.2 Å². The largest absolute Gasteiger partial charge is 0.368 e. The second kappa shape index (κ2) is 12.6. The molecule has 1 fully saturated rings. The van der Waals surface area contributed by atoms with Gasteiger partial charge in [-0.15, -0.1) is 0 Å². The number of nitrogens with zero attached hydrogens (tertiary/aromatic N) is 3. The van der Waals surface area contributed by atoms with Gasteiger partial charge in [-0.3, -0.25) is 34.3 Å². The van der Waals surface area contributed by atoms with E-state index in [2.05, 4.69) is 22.0 Å². The highest BCUT2D eigenvalue weighted by Crippen LogP contribution is 2.34. The second-order valence-corrected chi connectivity index (χ2v) is 9.21. The lowest BCUT2D eigenvalue weighted by atomic mass is 10.1. The average molecular weight is 471 g/mol. The summed E-state index contributed by atoms with van der Waals surface area (Å²) in [6.45, 7) is 8.62. The highest BCUT2D eigenvalue weighted by molar-refractivity contribution is 6.25. The first kappa shape index (κ1) is 25.9. The quantitative estimate of drug-likeness (QED) is 0.271. The number of hydrogen-bond acceptors (Lipinski definition) is 6. The normalized spacial score (nSPS) is 17.1. The molecule has 2 heterocycles. The number of carbonyl (C=O) groups is 4. The molecule has 0 aromatic heterocycles. The van der Waals surface area contributed by atoms with Crippen LogP contribution in [0.1, 0.15) is 85.9 Å². The van der Waals surface area contributed by atoms with E-state index < -0.39 is 23.8 Å². The minimum Gasteiger partial charge on any atom is -0.368 e. The molecule has 3 rings (SSSR count). The van der Waals surface area contributed by atoms with Crippen molar-refractivity contribution >= 4 is 29.8 Å². The van der Waals surface area contributed by atoms with E-state index in [9.17, 15) is 19.2 Å². The van der Waals surface area contributed by atoms with Gasteiger partial charge < -0.3 is 4.90 Å². The summed E-state index contributed by atoms with van der Waals surface area (Å²) in [5, 5.41) is 2.11. The molecule has 1 saturated heterocycles. The Morgan fingerprint density at radius 2 is 1.68 bits per heavy atom. The smallest absolute Gasteiger partial charge is 0.264 e. The van der Waals surface area contributed by atoms with Crippen molar-refractivity contribution in [1.29, 1.82) is 0 Å². The fourth-order valence-electron chi connectivity index (χ4n) is 4.97. The topological polar surface area (TPSA) is 90.0 Å². The molecular formula is C26H38N4O4. The maximum absolute atomic E-state index is 13.4. The number of hydrogen-bond donors (Lipinski definition) is 1. The van der Waals surface area contributed by atoms with Gasteiger partial charge in [0.05, 0.1) is 16.8 Å². The van der Waals surface area contributed by atoms with Gasteiger partial charge in [0, 0.05) is 26.2 Å². The number of amides is 4. The van der Waals surface area contributed by atoms with Crippen LogP contribution in [0.25, 0.3) is 0 Å². The van der Waals surface area contributed by atoms with E-state index in [4.69, 9.17) is 0 Å². The number of imide groups is 2. The van der Waals surface area contributed by atoms with Crippen molar-refractivity contribution in [3.05, 3.63) is 29.3 Å². The minimum atomic E-state index is -0.996. The van der Waals surface area contributed by atoms with Gasteiger partial charge in [-0.2, -0.15) is 0 Å². The number of carbonyl (C=O) groups excluding carboxylic acids is 4. The van der Waals surface area contributed by atoms with Gasteiger partial charge in [-0.25, -0.2) is 0 Å². The van der Waals surface area contributed by atoms with E-state index in [1.54, 1.807) is 12.1 Å². The highest BCUT2D eigenvalue weighted by atomic mass is 16.2. The summed E-state index contributed by atoms with van der Waals surface area (Å²) in [7, 11) is 0. The molecule has 8 nitrogen and oxygen atoms in total. The summed E-state index contributed by atoms with van der Waals surface area (Å²) in [5.41, 5.74) is 1.46. The molecule has 2 aliphatic heterocycles. The Hall–Kier alpha value is -2.74. The summed E-state index contributed by atoms with van der Waals surface area (Å²) in [6.07, 6.45) is 8.89. The van der Waals surface area contributed by atoms with Crippen molar-refractivity contribution in [1.82, 2.24) is 15.1 Å². The Labute approximate surface area is 202 Å². The fourth-order valence-corrected chi connectivity index (χ4v) is 4.97. The number of rotatable bonds is 13. The predicted octanol–water partition coefficient (Wildman–Crippen LogP) is 3.21. The van der Waals surface area contributed by atoms with E-state index in [1.165, 1.54) is 38.5 Å². The highest BCUT2D eigenvalue weighted by Gasteiger charge is 2.44. The Balaban J connectivity index is 1.66. The Bertz CT molecular complexity index is 880. The minimum absolute atomic E-state index is 0.291. The van der Waals surface area contributed by atoms with Crippen molar-refractivity contribution in [2.45, 2.75) is 71.3 Å². The third kappa shape index (κ3) is 5.84. The van der Waals surface area contributed by atoms with Crippen molar-refractivity contribution < 1.29 is 19.2 Å². The van der Waals surface area contributed by atoms with Crippen molar-refractivity contribution in [3.63, 3.8) is 0 Å². The van der Waals surface area contributed by atoms with E-state index >= 15 is 0 Å². The first-order valence-electron chi connectivity index (χ1n) is 12.8. The number of piperazine rings is 1. The molecule has 2 aliphatic rings. The standard InChI is InChI=1S/C26H38N4O4/c1-3-5-6-7-8-9-14-28-15-17-29(18-16-28)21-13-10-12-20-23(21)26(34)30(25(20)33)22(11-4-2)24(32)27-19-31/h10,12-13,19,22H,3-9,11,14-18H2,1-2H3,(H,27,31,32). The average Bonchev–Trinajstić information content (AvgIpc) is 3.10. The van der Waals surface area contributed by atoms with Gasteiger partial charge in [0.1, 0.15) is 6.04 Å². The van der Waals surface area contributed by atoms with Gasteiger partial charge in [0.25, 0.3) is 11.8 Å². The molecule has 1 aromatic rings. The molecule has 1 aromatic carbocycles. The lowest BCUT2D eigenvalue weighted by molar-refractivity contribution is -0.128. The van der Waals surface area contributed by atoms with E-state index in [-0.39, 0.29) is 0 Å². The first-order chi connectivity index (χ1) is 16.5. The molecule has 0 radical (unpaired) electrons. The van der Waals surface area contributed by atoms with Crippen LogP contribution >= 0.6 is 0 Å². The van der Waals surface area contributed by atoms with Gasteiger partial charge in [0.2, 0.25) is 12.3 Å². The van der Waals surface area contributed by atoms with Gasteiger partial charge in [-0.05, 0) is 31.5 Å². The third-order valence-electron chi connectivity index (χ3n) is 6.84. The molecule has 4 amide bonds. The monoisotopic (exact) mass is 470 g/mol. The molecule has 8 heteroatoms. The third-order valence-corrected chi connectivity index (χ3v) is 6.84. The molecule has 186 valence electrons. The van der Waals surface area contributed by atoms with Crippen LogP contribution < -0.4 is 10.2 Å². The van der Waals surface area contributed by atoms with Crippen LogP contribution in [0.5, 0.6) is 0 Å². The first-order valence-corrected chi connectivity index (χ1v) is 12.8. The van der Waals surface area contributed by atoms with Crippen LogP contribution in [-0.2, 0) is 9.59 Å². The second-order valence-electron chi connectivity index (χ2n) is 9.21. The van der Waals surface area contributed by atoms with E-state index in [0.717, 1.165) is 43.3 Å². The maximum atomic E-state index is 13.4. The molecule has 0 aliphatic carbocycles. The Kier molecular flexibility index (Phi) is 9.62. The fraction of sp³-hybridized carbons (Fsp3) is 0.615. The summed E-state index contributed by atoms with van der Waals surface area (Å²) in [4.78, 5) is 55.5. The van der Waals surface area contributed by atoms with E-state index in [0.29, 0.717) is 30.4 Å². The van der Waals surface area contributed by atoms with Crippen molar-refractivity contribution in [2.24, 2.45) is 0 Å². The molecule has 1 atom stereocenters. The van der Waals surface area contributed by atoms with Crippen molar-refractivity contribution in [2.75, 3.05) is 37.6 Å². The summed E-state index contributed by atoms with van der Waals surface area (Å²) >= 11 is 0. The van der Waals surface area contributed by atoms with Crippen LogP contribution in [0.4, 0.5) is 5.69 Å². The lowest BCUT2D eigenvalue weighted by Gasteiger charge is -2.36. The summed E-state index contributed by atoms with van der Waals surface area (Å²) in [5.74, 6) is -1.55. The van der Waals surface area contributed by atoms with Crippen LogP contribution in [0.3, 0.4) is 0 Å². The SMILES string of the molecule is CCCCCCCCN1CCN(c2cccc3c2C(=O)N(C(CCC)C(=O)NC=O)C3=O)CC1. The Morgan fingerprint density at radius 3 is 2.35 bits per heavy atom. The van der Waals surface area contributed by atoms with Gasteiger partial charge in [0.15, 0.2) is 0 Å². The molecule has 0 spiro atoms. The molecule has 1 N–H and O–H groups in total. The van der Waals surface area contributed by atoms with Crippen LogP contribution in [0, 0.1) is 0 Å². The number of benzene rings is 1. The molecular weight excluding hydrogens is 432 g/mol. The zero-order valence-electron chi connectivity index (χ0n) is 20.6. The van der Waals surface area contributed by atoms with Gasteiger partial charge in [-0.1, -0.05) is 58.4 Å². The zero-order valence-corrected chi connectivity index (χ0v) is 20.6. The molecule has 0 saturated carbocycles. The van der Waals surface area contributed by atoms with Gasteiger partial charge >= 0.3 is 0 Å².